The molecule has 0 aliphatic carbocycles. The number of halogens is 4. The Kier molecular flexibility index (Phi) is 5.46. The molecule has 2 amide bonds. The molecule has 0 saturated carbocycles. The van der Waals surface area contributed by atoms with Crippen molar-refractivity contribution in [2.45, 2.75) is 12.7 Å². The van der Waals surface area contributed by atoms with Gasteiger partial charge in [-0.15, -0.1) is 0 Å². The van der Waals surface area contributed by atoms with Gasteiger partial charge in [0, 0.05) is 22.8 Å². The molecule has 0 atom stereocenters. The molecular weight excluding hydrogens is 345 g/mol. The van der Waals surface area contributed by atoms with E-state index in [0.717, 1.165) is 0 Å². The van der Waals surface area contributed by atoms with E-state index >= 15 is 0 Å². The lowest BCUT2D eigenvalue weighted by Crippen LogP contribution is -2.36. The van der Waals surface area contributed by atoms with E-state index in [9.17, 15) is 22.8 Å². The first-order chi connectivity index (χ1) is 11.3. The van der Waals surface area contributed by atoms with Crippen LogP contribution in [0, 0.1) is 0 Å². The second-order valence-electron chi connectivity index (χ2n) is 4.80. The molecule has 0 spiro atoms. The molecule has 0 bridgehead atoms. The van der Waals surface area contributed by atoms with Crippen LogP contribution in [0.5, 0.6) is 0 Å². The van der Waals surface area contributed by atoms with E-state index in [0.29, 0.717) is 21.8 Å². The molecule has 0 heterocycles. The molecule has 2 aromatic rings. The summed E-state index contributed by atoms with van der Waals surface area (Å²) in [6, 6.07) is 12.5. The Balaban J connectivity index is 2.11. The summed E-state index contributed by atoms with van der Waals surface area (Å²) in [7, 11) is 0. The number of carbonyl (C=O) groups is 2. The van der Waals surface area contributed by atoms with Crippen molar-refractivity contribution in [3.63, 3.8) is 0 Å². The minimum atomic E-state index is -4.96. The second kappa shape index (κ2) is 7.35. The van der Waals surface area contributed by atoms with Gasteiger partial charge in [-0.3, -0.25) is 9.59 Å². The monoisotopic (exact) mass is 356 g/mol. The van der Waals surface area contributed by atoms with Crippen LogP contribution in [-0.4, -0.2) is 18.0 Å². The zero-order valence-corrected chi connectivity index (χ0v) is 12.9. The fourth-order valence-corrected chi connectivity index (χ4v) is 2.09. The third kappa shape index (κ3) is 4.73. The molecular formula is C16H12ClF3N2O2. The Morgan fingerprint density at radius 1 is 1.04 bits per heavy atom. The Morgan fingerprint density at radius 3 is 2.42 bits per heavy atom. The van der Waals surface area contributed by atoms with Crippen LogP contribution in [0.1, 0.15) is 15.9 Å². The Hall–Kier alpha value is -2.54. The highest BCUT2D eigenvalue weighted by Gasteiger charge is 2.38. The van der Waals surface area contributed by atoms with Crippen molar-refractivity contribution in [2.75, 3.05) is 5.32 Å². The van der Waals surface area contributed by atoms with Gasteiger partial charge in [0.05, 0.1) is 0 Å². The predicted octanol–water partition coefficient (Wildman–Crippen LogP) is 3.77. The van der Waals surface area contributed by atoms with Gasteiger partial charge >= 0.3 is 12.1 Å². The van der Waals surface area contributed by atoms with Crippen LogP contribution in [0.2, 0.25) is 5.02 Å². The molecule has 0 aliphatic rings. The first-order valence-corrected chi connectivity index (χ1v) is 7.15. The van der Waals surface area contributed by atoms with Gasteiger partial charge in [0.2, 0.25) is 0 Å². The van der Waals surface area contributed by atoms with Crippen LogP contribution >= 0.6 is 11.6 Å². The minimum absolute atomic E-state index is 0.296. The molecule has 0 fully saturated rings. The van der Waals surface area contributed by atoms with Gasteiger partial charge in [0.1, 0.15) is 0 Å². The van der Waals surface area contributed by atoms with Crippen molar-refractivity contribution in [1.29, 1.82) is 0 Å². The maximum Gasteiger partial charge on any atom is 0.471 e. The highest BCUT2D eigenvalue weighted by atomic mass is 35.5. The molecule has 0 aromatic heterocycles. The van der Waals surface area contributed by atoms with Crippen molar-refractivity contribution < 1.29 is 22.8 Å². The van der Waals surface area contributed by atoms with E-state index in [-0.39, 0.29) is 6.54 Å². The van der Waals surface area contributed by atoms with Crippen molar-refractivity contribution in [3.05, 3.63) is 64.7 Å². The summed E-state index contributed by atoms with van der Waals surface area (Å²) < 4.78 is 36.7. The fraction of sp³-hybridized carbons (Fsp3) is 0.125. The molecule has 8 heteroatoms. The van der Waals surface area contributed by atoms with Gasteiger partial charge in [0.15, 0.2) is 0 Å². The summed E-state index contributed by atoms with van der Waals surface area (Å²) in [4.78, 5) is 23.1. The van der Waals surface area contributed by atoms with E-state index < -0.39 is 18.0 Å². The quantitative estimate of drug-likeness (QED) is 0.876. The van der Waals surface area contributed by atoms with Gasteiger partial charge in [-0.25, -0.2) is 0 Å². The largest absolute Gasteiger partial charge is 0.471 e. The topological polar surface area (TPSA) is 58.2 Å². The van der Waals surface area contributed by atoms with Crippen LogP contribution in [0.25, 0.3) is 0 Å². The van der Waals surface area contributed by atoms with Crippen molar-refractivity contribution in [1.82, 2.24) is 5.32 Å². The number of carbonyl (C=O) groups excluding carboxylic acids is 2. The van der Waals surface area contributed by atoms with Crippen LogP contribution in [0.4, 0.5) is 18.9 Å². The van der Waals surface area contributed by atoms with Crippen LogP contribution in [-0.2, 0) is 11.3 Å². The highest BCUT2D eigenvalue weighted by molar-refractivity contribution is 6.31. The summed E-state index contributed by atoms with van der Waals surface area (Å²) in [6.45, 7) is -0.371. The molecule has 2 rings (SSSR count). The minimum Gasteiger partial charge on any atom is -0.344 e. The molecule has 4 nitrogen and oxygen atoms in total. The zero-order valence-electron chi connectivity index (χ0n) is 12.2. The number of rotatable bonds is 4. The summed E-state index contributed by atoms with van der Waals surface area (Å²) in [6.07, 6.45) is -4.96. The molecule has 0 saturated heterocycles. The third-order valence-electron chi connectivity index (χ3n) is 3.05. The summed E-state index contributed by atoms with van der Waals surface area (Å²) in [5, 5.41) is 4.73. The van der Waals surface area contributed by atoms with Crippen molar-refractivity contribution in [3.8, 4) is 0 Å². The predicted molar refractivity (Wildman–Crippen MR) is 83.7 cm³/mol. The number of hydrogen-bond acceptors (Lipinski definition) is 2. The summed E-state index contributed by atoms with van der Waals surface area (Å²) in [5.41, 5.74) is 0.937. The number of para-hydroxylation sites is 1. The van der Waals surface area contributed by atoms with E-state index in [2.05, 4.69) is 5.32 Å². The second-order valence-corrected chi connectivity index (χ2v) is 5.24. The SMILES string of the molecule is O=C(Nc1ccccc1CNC(=O)C(F)(F)F)c1cccc(Cl)c1. The van der Waals surface area contributed by atoms with Crippen LogP contribution in [0.3, 0.4) is 0 Å². The van der Waals surface area contributed by atoms with Crippen LogP contribution < -0.4 is 10.6 Å². The number of hydrogen-bond donors (Lipinski definition) is 2. The average molecular weight is 357 g/mol. The number of nitrogens with one attached hydrogen (secondary N) is 2. The maximum atomic E-state index is 12.2. The number of alkyl halides is 3. The Morgan fingerprint density at radius 2 is 1.75 bits per heavy atom. The third-order valence-corrected chi connectivity index (χ3v) is 3.28. The van der Waals surface area contributed by atoms with Gasteiger partial charge in [0.25, 0.3) is 5.91 Å². The maximum absolute atomic E-state index is 12.2. The van der Waals surface area contributed by atoms with Gasteiger partial charge < -0.3 is 10.6 Å². The Bertz CT molecular complexity index is 763. The highest BCUT2D eigenvalue weighted by Crippen LogP contribution is 2.19. The van der Waals surface area contributed by atoms with E-state index in [1.807, 2.05) is 0 Å². The molecule has 2 aromatic carbocycles. The first-order valence-electron chi connectivity index (χ1n) is 6.77. The molecule has 0 unspecified atom stereocenters. The average Bonchev–Trinajstić information content (AvgIpc) is 2.52. The molecule has 0 aliphatic heterocycles. The normalized spacial score (nSPS) is 11.0. The lowest BCUT2D eigenvalue weighted by Gasteiger charge is -2.13. The van der Waals surface area contributed by atoms with Gasteiger partial charge in [-0.2, -0.15) is 13.2 Å². The fourth-order valence-electron chi connectivity index (χ4n) is 1.90. The molecule has 24 heavy (non-hydrogen) atoms. The molecule has 0 radical (unpaired) electrons. The summed E-state index contributed by atoms with van der Waals surface area (Å²) in [5.74, 6) is -2.51. The zero-order chi connectivity index (χ0) is 17.7. The van der Waals surface area contributed by atoms with E-state index in [1.54, 1.807) is 35.6 Å². The van der Waals surface area contributed by atoms with E-state index in [4.69, 9.17) is 11.6 Å². The standard InChI is InChI=1S/C16H12ClF3N2O2/c17-12-6-3-5-10(8-12)14(23)22-13-7-2-1-4-11(13)9-21-15(24)16(18,19)20/h1-8H,9H2,(H,21,24)(H,22,23). The lowest BCUT2D eigenvalue weighted by molar-refractivity contribution is -0.173. The molecule has 2 N–H and O–H groups in total. The number of anilines is 1. The van der Waals surface area contributed by atoms with Crippen molar-refractivity contribution >= 4 is 29.1 Å². The van der Waals surface area contributed by atoms with Gasteiger partial charge in [-0.05, 0) is 29.8 Å². The van der Waals surface area contributed by atoms with Gasteiger partial charge in [-0.1, -0.05) is 35.9 Å². The Labute approximate surface area is 140 Å². The summed E-state index contributed by atoms with van der Waals surface area (Å²) >= 11 is 5.82. The van der Waals surface area contributed by atoms with Crippen LogP contribution in [0.15, 0.2) is 48.5 Å². The smallest absolute Gasteiger partial charge is 0.344 e. The molecule has 126 valence electrons. The number of amides is 2. The number of benzene rings is 2. The first kappa shape index (κ1) is 17.8. The van der Waals surface area contributed by atoms with E-state index in [1.165, 1.54) is 18.2 Å². The lowest BCUT2D eigenvalue weighted by atomic mass is 10.1. The van der Waals surface area contributed by atoms with Crippen molar-refractivity contribution in [2.24, 2.45) is 0 Å².